The quantitative estimate of drug-likeness (QED) is 0.614. The first-order valence-corrected chi connectivity index (χ1v) is 7.80. The number of carbonyl (C=O) groups is 1. The zero-order chi connectivity index (χ0) is 16.8. The molecule has 0 unspecified atom stereocenters. The summed E-state index contributed by atoms with van der Waals surface area (Å²) in [5.41, 5.74) is 3.57. The minimum absolute atomic E-state index is 0.00655. The van der Waals surface area contributed by atoms with E-state index in [0.29, 0.717) is 5.69 Å². The molecule has 23 heavy (non-hydrogen) atoms. The summed E-state index contributed by atoms with van der Waals surface area (Å²) in [7, 11) is 0. The number of benzene rings is 2. The third-order valence-electron chi connectivity index (χ3n) is 3.18. The molecule has 0 fully saturated rings. The number of hydrogen-bond donors (Lipinski definition) is 2. The van der Waals surface area contributed by atoms with Crippen molar-refractivity contribution in [3.8, 4) is 6.07 Å². The second-order valence-corrected chi connectivity index (χ2v) is 5.96. The summed E-state index contributed by atoms with van der Waals surface area (Å²) in [6.45, 7) is 3.91. The highest BCUT2D eigenvalue weighted by atomic mass is 79.9. The predicted octanol–water partition coefficient (Wildman–Crippen LogP) is 4.52. The zero-order valence-corrected chi connectivity index (χ0v) is 14.4. The van der Waals surface area contributed by atoms with Gasteiger partial charge in [-0.3, -0.25) is 4.79 Å². The molecule has 2 rings (SSSR count). The van der Waals surface area contributed by atoms with Crippen LogP contribution in [0.15, 0.2) is 58.7 Å². The molecule has 4 nitrogen and oxygen atoms in total. The Morgan fingerprint density at radius 1 is 1.17 bits per heavy atom. The van der Waals surface area contributed by atoms with Gasteiger partial charge in [0.15, 0.2) is 0 Å². The SMILES string of the molecule is Cc1cccc(NC(=O)/C(C#N)=C\Nc2ccc(Br)c(C)c2)c1. The lowest BCUT2D eigenvalue weighted by Crippen LogP contribution is -2.14. The van der Waals surface area contributed by atoms with E-state index in [1.54, 1.807) is 6.07 Å². The molecule has 5 heteroatoms. The first-order valence-electron chi connectivity index (χ1n) is 7.00. The number of nitrogens with zero attached hydrogens (tertiary/aromatic N) is 1. The molecule has 2 N–H and O–H groups in total. The van der Waals surface area contributed by atoms with Crippen molar-refractivity contribution in [1.29, 1.82) is 5.26 Å². The van der Waals surface area contributed by atoms with Crippen molar-refractivity contribution in [2.24, 2.45) is 0 Å². The molecular weight excluding hydrogens is 354 g/mol. The maximum absolute atomic E-state index is 12.1. The minimum atomic E-state index is -0.445. The van der Waals surface area contributed by atoms with Crippen LogP contribution in [0.25, 0.3) is 0 Å². The fourth-order valence-corrected chi connectivity index (χ4v) is 2.21. The van der Waals surface area contributed by atoms with Crippen LogP contribution in [0, 0.1) is 25.2 Å². The molecule has 0 saturated heterocycles. The third-order valence-corrected chi connectivity index (χ3v) is 4.07. The first-order chi connectivity index (χ1) is 11.0. The molecule has 0 aliphatic carbocycles. The fraction of sp³-hybridized carbons (Fsp3) is 0.111. The van der Waals surface area contributed by atoms with Gasteiger partial charge >= 0.3 is 0 Å². The van der Waals surface area contributed by atoms with Gasteiger partial charge in [-0.05, 0) is 55.3 Å². The Kier molecular flexibility index (Phi) is 5.56. The Labute approximate surface area is 144 Å². The molecule has 0 bridgehead atoms. The highest BCUT2D eigenvalue weighted by molar-refractivity contribution is 9.10. The van der Waals surface area contributed by atoms with E-state index in [4.69, 9.17) is 0 Å². The van der Waals surface area contributed by atoms with E-state index in [-0.39, 0.29) is 5.57 Å². The van der Waals surface area contributed by atoms with Gasteiger partial charge in [-0.2, -0.15) is 5.26 Å². The van der Waals surface area contributed by atoms with Crippen LogP contribution in [0.1, 0.15) is 11.1 Å². The van der Waals surface area contributed by atoms with Gasteiger partial charge in [-0.1, -0.05) is 28.1 Å². The second kappa shape index (κ2) is 7.61. The smallest absolute Gasteiger partial charge is 0.267 e. The standard InChI is InChI=1S/C18H16BrN3O/c1-12-4-3-5-16(8-12)22-18(23)14(10-20)11-21-15-6-7-17(19)13(2)9-15/h3-9,11,21H,1-2H3,(H,22,23)/b14-11-. The number of amides is 1. The Balaban J connectivity index is 2.10. The average Bonchev–Trinajstić information content (AvgIpc) is 2.51. The molecule has 0 saturated carbocycles. The Morgan fingerprint density at radius 2 is 1.96 bits per heavy atom. The number of halogens is 1. The number of carbonyl (C=O) groups excluding carboxylic acids is 1. The van der Waals surface area contributed by atoms with E-state index in [0.717, 1.165) is 21.3 Å². The molecule has 0 atom stereocenters. The van der Waals surface area contributed by atoms with Crippen LogP contribution in [0.3, 0.4) is 0 Å². The molecule has 0 heterocycles. The van der Waals surface area contributed by atoms with Crippen molar-refractivity contribution in [2.45, 2.75) is 13.8 Å². The first kappa shape index (κ1) is 16.8. The van der Waals surface area contributed by atoms with Gasteiger partial charge in [0.25, 0.3) is 5.91 Å². The number of nitriles is 1. The maximum Gasteiger partial charge on any atom is 0.267 e. The van der Waals surface area contributed by atoms with E-state index in [9.17, 15) is 10.1 Å². The third kappa shape index (κ3) is 4.70. The number of nitrogens with one attached hydrogen (secondary N) is 2. The topological polar surface area (TPSA) is 64.9 Å². The molecule has 116 valence electrons. The summed E-state index contributed by atoms with van der Waals surface area (Å²) in [6, 6.07) is 15.0. The van der Waals surface area contributed by atoms with Gasteiger partial charge < -0.3 is 10.6 Å². The normalized spacial score (nSPS) is 10.8. The Hall–Kier alpha value is -2.58. The van der Waals surface area contributed by atoms with Gasteiger partial charge in [-0.15, -0.1) is 0 Å². The van der Waals surface area contributed by atoms with Gasteiger partial charge in [-0.25, -0.2) is 0 Å². The molecular formula is C18H16BrN3O. The van der Waals surface area contributed by atoms with Crippen LogP contribution >= 0.6 is 15.9 Å². The highest BCUT2D eigenvalue weighted by Crippen LogP contribution is 2.20. The van der Waals surface area contributed by atoms with Crippen molar-refractivity contribution >= 4 is 33.2 Å². The van der Waals surface area contributed by atoms with Crippen LogP contribution in [-0.4, -0.2) is 5.91 Å². The van der Waals surface area contributed by atoms with E-state index < -0.39 is 5.91 Å². The van der Waals surface area contributed by atoms with Gasteiger partial charge in [0, 0.05) is 22.0 Å². The summed E-state index contributed by atoms with van der Waals surface area (Å²) in [6.07, 6.45) is 1.41. The monoisotopic (exact) mass is 369 g/mol. The van der Waals surface area contributed by atoms with E-state index in [1.165, 1.54) is 6.20 Å². The van der Waals surface area contributed by atoms with Gasteiger partial charge in [0.05, 0.1) is 0 Å². The lowest BCUT2D eigenvalue weighted by atomic mass is 10.2. The second-order valence-electron chi connectivity index (χ2n) is 5.10. The van der Waals surface area contributed by atoms with Crippen LogP contribution in [-0.2, 0) is 4.79 Å². The Bertz CT molecular complexity index is 806. The van der Waals surface area contributed by atoms with Crippen molar-refractivity contribution in [2.75, 3.05) is 10.6 Å². The van der Waals surface area contributed by atoms with Crippen LogP contribution in [0.2, 0.25) is 0 Å². The molecule has 2 aromatic rings. The Morgan fingerprint density at radius 3 is 2.61 bits per heavy atom. The largest absolute Gasteiger partial charge is 0.360 e. The summed E-state index contributed by atoms with van der Waals surface area (Å²) in [4.78, 5) is 12.1. The van der Waals surface area contributed by atoms with E-state index in [2.05, 4.69) is 26.6 Å². The molecule has 0 aliphatic heterocycles. The van der Waals surface area contributed by atoms with Crippen LogP contribution in [0.5, 0.6) is 0 Å². The molecule has 0 spiro atoms. The van der Waals surface area contributed by atoms with Crippen molar-refractivity contribution in [3.63, 3.8) is 0 Å². The lowest BCUT2D eigenvalue weighted by Gasteiger charge is -2.07. The van der Waals surface area contributed by atoms with Gasteiger partial charge in [0.1, 0.15) is 11.6 Å². The van der Waals surface area contributed by atoms with Gasteiger partial charge in [0.2, 0.25) is 0 Å². The van der Waals surface area contributed by atoms with E-state index in [1.807, 2.05) is 56.3 Å². The summed E-state index contributed by atoms with van der Waals surface area (Å²) in [5, 5.41) is 14.9. The molecule has 0 aliphatic rings. The predicted molar refractivity (Wildman–Crippen MR) is 96.0 cm³/mol. The van der Waals surface area contributed by atoms with Crippen LogP contribution in [0.4, 0.5) is 11.4 Å². The molecule has 1 amide bonds. The lowest BCUT2D eigenvalue weighted by molar-refractivity contribution is -0.112. The number of aryl methyl sites for hydroxylation is 2. The summed E-state index contributed by atoms with van der Waals surface area (Å²) < 4.78 is 1.00. The summed E-state index contributed by atoms with van der Waals surface area (Å²) in [5.74, 6) is -0.445. The number of rotatable bonds is 4. The minimum Gasteiger partial charge on any atom is -0.360 e. The molecule has 2 aromatic carbocycles. The average molecular weight is 370 g/mol. The van der Waals surface area contributed by atoms with Crippen LogP contribution < -0.4 is 10.6 Å². The van der Waals surface area contributed by atoms with Crippen molar-refractivity contribution in [1.82, 2.24) is 0 Å². The fourth-order valence-electron chi connectivity index (χ4n) is 1.96. The van der Waals surface area contributed by atoms with Crippen molar-refractivity contribution < 1.29 is 4.79 Å². The molecule has 0 aromatic heterocycles. The molecule has 0 radical (unpaired) electrons. The number of hydrogen-bond acceptors (Lipinski definition) is 3. The zero-order valence-electron chi connectivity index (χ0n) is 12.9. The highest BCUT2D eigenvalue weighted by Gasteiger charge is 2.09. The van der Waals surface area contributed by atoms with E-state index >= 15 is 0 Å². The number of anilines is 2. The maximum atomic E-state index is 12.1. The van der Waals surface area contributed by atoms with Crippen molar-refractivity contribution in [3.05, 3.63) is 69.8 Å². The summed E-state index contributed by atoms with van der Waals surface area (Å²) >= 11 is 3.43.